The first kappa shape index (κ1) is 85.9. The molecule has 9 rings (SSSR count). The first-order chi connectivity index (χ1) is 53.1. The number of carboxylic acid groups (broad SMARTS) is 1. The highest BCUT2D eigenvalue weighted by atomic mass is 19.1. The lowest BCUT2D eigenvalue weighted by molar-refractivity contribution is -0.143. The smallest absolute Gasteiger partial charge is 0.407 e. The number of fused-ring (bicyclic) bond motifs is 3. The van der Waals surface area contributed by atoms with E-state index in [2.05, 4.69) is 31.9 Å². The van der Waals surface area contributed by atoms with Crippen molar-refractivity contribution < 1.29 is 68.2 Å². The molecule has 0 saturated heterocycles. The van der Waals surface area contributed by atoms with Gasteiger partial charge >= 0.3 is 24.2 Å². The monoisotopic (exact) mass is 1500 g/mol. The average Bonchev–Trinajstić information content (AvgIpc) is 1.45. The van der Waals surface area contributed by atoms with E-state index < -0.39 is 89.8 Å². The number of halogens is 1. The van der Waals surface area contributed by atoms with Crippen LogP contribution in [0.3, 0.4) is 0 Å². The molecule has 584 valence electrons. The van der Waals surface area contributed by atoms with E-state index in [9.17, 15) is 52.6 Å². The number of carbonyl (C=O) groups excluding carboxylic acids is 8. The molecule has 20 nitrogen and oxygen atoms in total. The predicted octanol–water partition coefficient (Wildman–Crippen LogP) is 15.0. The number of nitrogens with one attached hydrogen (secondary N) is 6. The first-order valence-electron chi connectivity index (χ1n) is 37.9. The Labute approximate surface area is 648 Å². The number of benzene rings is 8. The van der Waals surface area contributed by atoms with E-state index in [1.165, 1.54) is 6.92 Å². The molecule has 6 amide bonds. The molecule has 1 aliphatic carbocycles. The van der Waals surface area contributed by atoms with Crippen LogP contribution in [0.25, 0.3) is 11.1 Å². The van der Waals surface area contributed by atoms with E-state index in [-0.39, 0.29) is 55.4 Å². The van der Waals surface area contributed by atoms with Crippen molar-refractivity contribution in [2.45, 2.75) is 148 Å². The first-order valence-corrected chi connectivity index (χ1v) is 37.2. The standard InChI is InChI=1S/C51H56N4O7.C24H23NO3.C13H26N2O3.CH3F/c1-35(20-18-19-31-52-48(59)62-50(2,3)4)45(56)33-53-47(58)44(54-49(60)61-34-43-41-29-16-14-27-39(41)40-28-15-17-30-42(40)43)32-46(57)55-51(36-21-8-5-9-22-36,37-23-10-6-11-24-37)38-25-12-7-13-26-38;1-18(23(27)28)17-22(26)25-24(19-11-5-2-6-12-19,20-13-7-3-8-14-20)21-15-9-4-10-16-21;1-10(11(16)9-14)7-5-6-8-15-12(17)18-13(2,3)4;1-2/h5-17,21-30,35,43-44H,18-20,31-34H2,1-4H3,(H,52,59)(H,53,58)(H,54,60)(H,55,57);2-16,18H,17H2,1H3,(H,25,26)(H,27,28);10H,5-9,14H2,1-4H3,(H,15,17);1H3/t35-,44-;18-;10-;/m000./s1/i;;;1D. The van der Waals surface area contributed by atoms with Crippen molar-refractivity contribution in [1.82, 2.24) is 31.9 Å². The van der Waals surface area contributed by atoms with Crippen LogP contribution in [-0.4, -0.2) is 116 Å². The van der Waals surface area contributed by atoms with E-state index in [1.807, 2.05) is 258 Å². The maximum absolute atomic E-state index is 14.5. The zero-order valence-electron chi connectivity index (χ0n) is 65.5. The third kappa shape index (κ3) is 26.5. The summed E-state index contributed by atoms with van der Waals surface area (Å²) >= 11 is 0. The molecule has 0 heterocycles. The molecule has 0 saturated carbocycles. The highest BCUT2D eigenvalue weighted by Gasteiger charge is 2.41. The number of carbonyl (C=O) groups is 9. The van der Waals surface area contributed by atoms with Gasteiger partial charge in [0.15, 0.2) is 5.78 Å². The molecule has 8 aromatic carbocycles. The van der Waals surface area contributed by atoms with Gasteiger partial charge in [0, 0.05) is 37.3 Å². The van der Waals surface area contributed by atoms with E-state index in [1.54, 1.807) is 27.7 Å². The van der Waals surface area contributed by atoms with E-state index in [0.29, 0.717) is 32.4 Å². The number of hydrogen-bond acceptors (Lipinski definition) is 13. The number of rotatable bonds is 32. The zero-order chi connectivity index (χ0) is 81.0. The Balaban J connectivity index is 0.000000320. The number of unbranched alkanes of at least 4 members (excludes halogenated alkanes) is 2. The fourth-order valence-corrected chi connectivity index (χ4v) is 12.8. The fraction of sp³-hybridized carbons (Fsp3) is 0.360. The molecule has 1 aliphatic rings. The van der Waals surface area contributed by atoms with E-state index in [0.717, 1.165) is 74.9 Å². The third-order valence-corrected chi connectivity index (χ3v) is 18.4. The minimum atomic E-state index is -1.40. The number of aliphatic carboxylic acids is 1. The third-order valence-electron chi connectivity index (χ3n) is 18.4. The van der Waals surface area contributed by atoms with Gasteiger partial charge in [0.1, 0.15) is 40.7 Å². The number of Topliss-reactive ketones (excluding diaryl/α,β-unsaturated/α-hetero) is 2. The number of ether oxygens (including phenoxy) is 3. The molecule has 0 fully saturated rings. The quantitative estimate of drug-likeness (QED) is 0.0110. The Morgan fingerprint density at radius 3 is 1.12 bits per heavy atom. The maximum Gasteiger partial charge on any atom is 0.407 e. The Hall–Kier alpha value is -11.3. The van der Waals surface area contributed by atoms with Gasteiger partial charge in [0.05, 0.1) is 34.0 Å². The van der Waals surface area contributed by atoms with Crippen molar-refractivity contribution in [2.24, 2.45) is 23.5 Å². The highest BCUT2D eigenvalue weighted by Crippen LogP contribution is 2.45. The number of carboxylic acids is 1. The summed E-state index contributed by atoms with van der Waals surface area (Å²) < 4.78 is 31.7. The van der Waals surface area contributed by atoms with Crippen molar-refractivity contribution in [2.75, 3.05) is 39.9 Å². The van der Waals surface area contributed by atoms with Crippen LogP contribution in [0.2, 0.25) is 0 Å². The summed E-state index contributed by atoms with van der Waals surface area (Å²) in [4.78, 5) is 114. The molecule has 0 spiro atoms. The minimum Gasteiger partial charge on any atom is -0.481 e. The van der Waals surface area contributed by atoms with Gasteiger partial charge in [-0.3, -0.25) is 33.2 Å². The van der Waals surface area contributed by atoms with Gasteiger partial charge in [-0.25, -0.2) is 14.4 Å². The second kappa shape index (κ2) is 43.6. The Kier molecular flexibility index (Phi) is 34.1. The molecule has 0 aliphatic heterocycles. The molecule has 0 bridgehead atoms. The van der Waals surface area contributed by atoms with Crippen LogP contribution < -0.4 is 37.6 Å². The molecule has 0 aromatic heterocycles. The summed E-state index contributed by atoms with van der Waals surface area (Å²) in [6.07, 6.45) is 2.06. The summed E-state index contributed by atoms with van der Waals surface area (Å²) in [5.74, 6) is -4.02. The number of ketones is 2. The van der Waals surface area contributed by atoms with Gasteiger partial charge in [-0.1, -0.05) is 264 Å². The van der Waals surface area contributed by atoms with Crippen LogP contribution in [0, 0.1) is 17.8 Å². The average molecular weight is 1500 g/mol. The van der Waals surface area contributed by atoms with Gasteiger partial charge in [-0.2, -0.15) is 0 Å². The van der Waals surface area contributed by atoms with Crippen LogP contribution >= 0.6 is 0 Å². The van der Waals surface area contributed by atoms with Gasteiger partial charge in [-0.15, -0.1) is 0 Å². The summed E-state index contributed by atoms with van der Waals surface area (Å²) in [5.41, 5.74) is 11.4. The topological polar surface area (TPSA) is 300 Å². The number of nitrogens with two attached hydrogens (primary N) is 1. The van der Waals surface area contributed by atoms with Crippen LogP contribution in [0.4, 0.5) is 18.8 Å². The van der Waals surface area contributed by atoms with Crippen molar-refractivity contribution in [3.63, 3.8) is 0 Å². The van der Waals surface area contributed by atoms with Gasteiger partial charge < -0.3 is 57.0 Å². The number of alkyl halides is 1. The van der Waals surface area contributed by atoms with E-state index >= 15 is 0 Å². The Morgan fingerprint density at radius 2 is 0.782 bits per heavy atom. The lowest BCUT2D eigenvalue weighted by atomic mass is 9.76. The SMILES string of the molecule is C[C@@H](CC(=O)NC(c1ccccc1)(c1ccccc1)c1ccccc1)C(=O)O.C[C@@H](CCCCNC(=O)OC(C)(C)C)C(=O)CN.C[C@@H](CCCCNC(=O)OC(C)(C)C)C(=O)CNC(=O)[C@H](CC(=O)NC(c1ccccc1)(c1ccccc1)c1ccccc1)NC(=O)OCC1c2ccccc2-c2ccccc21.[2H]CF. The second-order valence-electron chi connectivity index (χ2n) is 29.0. The predicted molar refractivity (Wildman–Crippen MR) is 426 cm³/mol. The Bertz CT molecular complexity index is 4010. The summed E-state index contributed by atoms with van der Waals surface area (Å²) in [5, 5.41) is 26.4. The molecular formula is C89H108FN7O13. The van der Waals surface area contributed by atoms with Crippen molar-refractivity contribution >= 4 is 53.5 Å². The largest absolute Gasteiger partial charge is 0.481 e. The van der Waals surface area contributed by atoms with Gasteiger partial charge in [0.2, 0.25) is 17.7 Å². The molecule has 8 aromatic rings. The lowest BCUT2D eigenvalue weighted by Gasteiger charge is -2.37. The molecule has 0 radical (unpaired) electrons. The van der Waals surface area contributed by atoms with Gasteiger partial charge in [-0.05, 0) is 123 Å². The van der Waals surface area contributed by atoms with Crippen molar-refractivity contribution in [1.29, 1.82) is 0 Å². The van der Waals surface area contributed by atoms with Crippen LogP contribution in [0.1, 0.15) is 165 Å². The molecule has 9 N–H and O–H groups in total. The summed E-state index contributed by atoms with van der Waals surface area (Å²) in [7, 11) is -1.00. The summed E-state index contributed by atoms with van der Waals surface area (Å²) in [6, 6.07) is 72.5. The molecule has 21 heteroatoms. The van der Waals surface area contributed by atoms with Crippen molar-refractivity contribution in [3.8, 4) is 11.1 Å². The minimum absolute atomic E-state index is 0.00280. The number of hydrogen-bond donors (Lipinski definition) is 8. The van der Waals surface area contributed by atoms with Crippen LogP contribution in [-0.2, 0) is 54.1 Å². The fourth-order valence-electron chi connectivity index (χ4n) is 12.8. The normalized spacial score (nSPS) is 12.8. The Morgan fingerprint density at radius 1 is 0.455 bits per heavy atom. The molecule has 4 atom stereocenters. The molecule has 0 unspecified atom stereocenters. The van der Waals surface area contributed by atoms with Gasteiger partial charge in [0.25, 0.3) is 0 Å². The second-order valence-corrected chi connectivity index (χ2v) is 29.0. The summed E-state index contributed by atoms with van der Waals surface area (Å²) in [6.45, 7) is 16.8. The maximum atomic E-state index is 14.5. The van der Waals surface area contributed by atoms with Crippen LogP contribution in [0.5, 0.6) is 0 Å². The lowest BCUT2D eigenvalue weighted by Crippen LogP contribution is -2.53. The van der Waals surface area contributed by atoms with Crippen molar-refractivity contribution in [3.05, 3.63) is 275 Å². The molecule has 110 heavy (non-hydrogen) atoms. The highest BCUT2D eigenvalue weighted by molar-refractivity contribution is 5.94. The van der Waals surface area contributed by atoms with Crippen LogP contribution in [0.15, 0.2) is 231 Å². The zero-order valence-corrected chi connectivity index (χ0v) is 64.5. The number of amides is 6. The number of alkyl carbamates (subject to hydrolysis) is 3. The van der Waals surface area contributed by atoms with E-state index in [4.69, 9.17) is 21.3 Å². The molecular weight excluding hydrogens is 1390 g/mol.